The van der Waals surface area contributed by atoms with Crippen molar-refractivity contribution in [2.75, 3.05) is 11.9 Å². The third-order valence-electron chi connectivity index (χ3n) is 2.25. The third kappa shape index (κ3) is 3.32. The van der Waals surface area contributed by atoms with Gasteiger partial charge in [-0.05, 0) is 59.8 Å². The van der Waals surface area contributed by atoms with Crippen LogP contribution in [0.15, 0.2) is 24.3 Å². The van der Waals surface area contributed by atoms with Gasteiger partial charge in [-0.25, -0.2) is 0 Å². The molecular weight excluding hydrogens is 326 g/mol. The predicted molar refractivity (Wildman–Crippen MR) is 71.4 cm³/mol. The molecule has 1 fully saturated rings. The summed E-state index contributed by atoms with van der Waals surface area (Å²) in [6.45, 7) is 0.949. The minimum Gasteiger partial charge on any atom is -0.325 e. The van der Waals surface area contributed by atoms with E-state index in [4.69, 9.17) is 0 Å². The third-order valence-corrected chi connectivity index (χ3v) is 2.97. The second-order valence-corrected chi connectivity index (χ2v) is 4.54. The first-order valence-corrected chi connectivity index (χ1v) is 5.63. The van der Waals surface area contributed by atoms with Crippen LogP contribution in [0.1, 0.15) is 6.42 Å². The zero-order valence-corrected chi connectivity index (χ0v) is 11.0. The highest BCUT2D eigenvalue weighted by Gasteiger charge is 2.24. The molecule has 1 heterocycles. The number of carbonyl (C=O) groups is 1. The molecule has 2 rings (SSSR count). The number of hydrogen-bond donors (Lipinski definition) is 2. The molecule has 1 atom stereocenters. The minimum absolute atomic E-state index is 0. The second-order valence-electron chi connectivity index (χ2n) is 3.29. The van der Waals surface area contributed by atoms with Crippen LogP contribution in [0.5, 0.6) is 0 Å². The van der Waals surface area contributed by atoms with E-state index in [0.717, 1.165) is 18.7 Å². The van der Waals surface area contributed by atoms with Crippen molar-refractivity contribution in [2.24, 2.45) is 0 Å². The highest BCUT2D eigenvalue weighted by Crippen LogP contribution is 2.12. The lowest BCUT2D eigenvalue weighted by Gasteiger charge is -2.26. The maximum absolute atomic E-state index is 11.5. The van der Waals surface area contributed by atoms with Crippen molar-refractivity contribution in [1.82, 2.24) is 5.32 Å². The van der Waals surface area contributed by atoms with Gasteiger partial charge in [0.2, 0.25) is 5.91 Å². The Morgan fingerprint density at radius 2 is 2.00 bits per heavy atom. The topological polar surface area (TPSA) is 41.1 Å². The van der Waals surface area contributed by atoms with Gasteiger partial charge in [-0.1, -0.05) is 0 Å². The molecule has 1 aromatic rings. The van der Waals surface area contributed by atoms with Gasteiger partial charge in [-0.3, -0.25) is 4.79 Å². The second kappa shape index (κ2) is 5.67. The van der Waals surface area contributed by atoms with Crippen LogP contribution in [-0.4, -0.2) is 18.5 Å². The largest absolute Gasteiger partial charge is 0.325 e. The summed E-state index contributed by atoms with van der Waals surface area (Å²) < 4.78 is 1.17. The molecule has 82 valence electrons. The fourth-order valence-corrected chi connectivity index (χ4v) is 1.63. The van der Waals surface area contributed by atoms with Gasteiger partial charge < -0.3 is 10.6 Å². The molecule has 15 heavy (non-hydrogen) atoms. The number of benzene rings is 1. The summed E-state index contributed by atoms with van der Waals surface area (Å²) in [7, 11) is 0. The standard InChI is InChI=1S/C10H11IN2O.ClH/c11-7-1-3-8(4-2-7)13-10(14)9-5-6-12-9;/h1-4,9,12H,5-6H2,(H,13,14);1H/t9-;/m1./s1. The smallest absolute Gasteiger partial charge is 0.241 e. The summed E-state index contributed by atoms with van der Waals surface area (Å²) in [5, 5.41) is 5.93. The van der Waals surface area contributed by atoms with E-state index in [0.29, 0.717) is 0 Å². The first kappa shape index (κ1) is 12.7. The minimum atomic E-state index is 0. The van der Waals surface area contributed by atoms with Gasteiger partial charge in [-0.2, -0.15) is 0 Å². The summed E-state index contributed by atoms with van der Waals surface area (Å²) >= 11 is 2.24. The molecule has 0 spiro atoms. The molecule has 1 aliphatic rings. The Kier molecular flexibility index (Phi) is 4.82. The lowest BCUT2D eigenvalue weighted by Crippen LogP contribution is -2.50. The summed E-state index contributed by atoms with van der Waals surface area (Å²) in [6.07, 6.45) is 0.941. The van der Waals surface area contributed by atoms with E-state index >= 15 is 0 Å². The number of halogens is 2. The molecule has 1 amide bonds. The molecule has 1 saturated heterocycles. The summed E-state index contributed by atoms with van der Waals surface area (Å²) in [5.74, 6) is 0.0671. The molecule has 0 aliphatic carbocycles. The normalized spacial score (nSPS) is 18.6. The molecule has 5 heteroatoms. The van der Waals surface area contributed by atoms with E-state index in [1.165, 1.54) is 3.57 Å². The van der Waals surface area contributed by atoms with Crippen LogP contribution in [0.2, 0.25) is 0 Å². The van der Waals surface area contributed by atoms with Crippen LogP contribution in [0.4, 0.5) is 5.69 Å². The number of nitrogens with one attached hydrogen (secondary N) is 2. The Morgan fingerprint density at radius 1 is 1.40 bits per heavy atom. The van der Waals surface area contributed by atoms with Crippen molar-refractivity contribution in [2.45, 2.75) is 12.5 Å². The molecule has 0 aromatic heterocycles. The first-order valence-electron chi connectivity index (χ1n) is 4.55. The summed E-state index contributed by atoms with van der Waals surface area (Å²) in [6, 6.07) is 7.79. The molecule has 0 saturated carbocycles. The lowest BCUT2D eigenvalue weighted by molar-refractivity contribution is -0.119. The van der Waals surface area contributed by atoms with Gasteiger partial charge >= 0.3 is 0 Å². The van der Waals surface area contributed by atoms with Crippen LogP contribution in [0.25, 0.3) is 0 Å². The van der Waals surface area contributed by atoms with Gasteiger partial charge in [0, 0.05) is 9.26 Å². The fourth-order valence-electron chi connectivity index (χ4n) is 1.28. The van der Waals surface area contributed by atoms with Gasteiger partial charge in [0.25, 0.3) is 0 Å². The number of rotatable bonds is 2. The number of amides is 1. The highest BCUT2D eigenvalue weighted by molar-refractivity contribution is 14.1. The molecule has 1 aliphatic heterocycles. The Balaban J connectivity index is 0.00000112. The fraction of sp³-hybridized carbons (Fsp3) is 0.300. The van der Waals surface area contributed by atoms with E-state index in [1.807, 2.05) is 24.3 Å². The predicted octanol–water partition coefficient (Wildman–Crippen LogP) is 2.01. The van der Waals surface area contributed by atoms with Crippen LogP contribution in [0.3, 0.4) is 0 Å². The average molecular weight is 339 g/mol. The van der Waals surface area contributed by atoms with Crippen molar-refractivity contribution in [3.05, 3.63) is 27.8 Å². The molecule has 0 radical (unpaired) electrons. The number of anilines is 1. The average Bonchev–Trinajstić information content (AvgIpc) is 2.06. The SMILES string of the molecule is Cl.O=C(Nc1ccc(I)cc1)[C@H]1CCN1. The Morgan fingerprint density at radius 3 is 2.47 bits per heavy atom. The van der Waals surface area contributed by atoms with Crippen molar-refractivity contribution >= 4 is 46.6 Å². The van der Waals surface area contributed by atoms with E-state index in [1.54, 1.807) is 0 Å². The van der Waals surface area contributed by atoms with Crippen molar-refractivity contribution < 1.29 is 4.79 Å². The summed E-state index contributed by atoms with van der Waals surface area (Å²) in [5.41, 5.74) is 0.865. The van der Waals surface area contributed by atoms with Crippen molar-refractivity contribution in [3.63, 3.8) is 0 Å². The van der Waals surface area contributed by atoms with E-state index in [2.05, 4.69) is 33.2 Å². The van der Waals surface area contributed by atoms with E-state index < -0.39 is 0 Å². The summed E-state index contributed by atoms with van der Waals surface area (Å²) in [4.78, 5) is 11.5. The Hall–Kier alpha value is -0.330. The van der Waals surface area contributed by atoms with Crippen molar-refractivity contribution in [3.8, 4) is 0 Å². The zero-order valence-electron chi connectivity index (χ0n) is 8.00. The van der Waals surface area contributed by atoms with Crippen LogP contribution in [-0.2, 0) is 4.79 Å². The lowest BCUT2D eigenvalue weighted by atomic mass is 10.1. The molecular formula is C10H12ClIN2O. The number of hydrogen-bond acceptors (Lipinski definition) is 2. The Bertz CT molecular complexity index is 338. The van der Waals surface area contributed by atoms with Gasteiger partial charge in [0.15, 0.2) is 0 Å². The maximum atomic E-state index is 11.5. The van der Waals surface area contributed by atoms with Crippen LogP contribution in [0, 0.1) is 3.57 Å². The van der Waals surface area contributed by atoms with Crippen molar-refractivity contribution in [1.29, 1.82) is 0 Å². The number of carbonyl (C=O) groups excluding carboxylic acids is 1. The van der Waals surface area contributed by atoms with Gasteiger partial charge in [0.05, 0.1) is 6.04 Å². The van der Waals surface area contributed by atoms with E-state index in [-0.39, 0.29) is 24.4 Å². The molecule has 1 aromatic carbocycles. The molecule has 0 bridgehead atoms. The van der Waals surface area contributed by atoms with E-state index in [9.17, 15) is 4.79 Å². The maximum Gasteiger partial charge on any atom is 0.241 e. The zero-order chi connectivity index (χ0) is 9.97. The highest BCUT2D eigenvalue weighted by atomic mass is 127. The molecule has 3 nitrogen and oxygen atoms in total. The molecule has 0 unspecified atom stereocenters. The quantitative estimate of drug-likeness (QED) is 0.810. The first-order chi connectivity index (χ1) is 6.75. The van der Waals surface area contributed by atoms with Crippen LogP contribution >= 0.6 is 35.0 Å². The van der Waals surface area contributed by atoms with Gasteiger partial charge in [0.1, 0.15) is 0 Å². The van der Waals surface area contributed by atoms with Crippen LogP contribution < -0.4 is 10.6 Å². The van der Waals surface area contributed by atoms with Gasteiger partial charge in [-0.15, -0.1) is 12.4 Å². The Labute approximate surface area is 109 Å². The monoisotopic (exact) mass is 338 g/mol. The molecule has 2 N–H and O–H groups in total.